The summed E-state index contributed by atoms with van der Waals surface area (Å²) in [6.07, 6.45) is -2.03. The molecule has 0 aromatic heterocycles. The van der Waals surface area contributed by atoms with Crippen molar-refractivity contribution in [3.63, 3.8) is 0 Å². The zero-order valence-electron chi connectivity index (χ0n) is 6.27. The molecule has 1 aliphatic carbocycles. The number of ether oxygens (including phenoxy) is 1. The molecule has 0 aromatic carbocycles. The van der Waals surface area contributed by atoms with E-state index in [-0.39, 0.29) is 19.4 Å². The van der Waals surface area contributed by atoms with Crippen LogP contribution in [0, 0.1) is 5.41 Å². The smallest absolute Gasteiger partial charge is 0.317 e. The van der Waals surface area contributed by atoms with Gasteiger partial charge in [0, 0.05) is 0 Å². The maximum atomic E-state index is 12.1. The average Bonchev–Trinajstić information content (AvgIpc) is 2.66. The van der Waals surface area contributed by atoms with Crippen LogP contribution in [0.2, 0.25) is 0 Å². The fraction of sp³-hybridized carbons (Fsp3) is 0.857. The molecule has 0 aliphatic heterocycles. The second-order valence-corrected chi connectivity index (χ2v) is 2.68. The topological polar surface area (TPSA) is 26.3 Å². The first kappa shape index (κ1) is 8.43. The molecule has 0 atom stereocenters. The minimum atomic E-state index is -2.57. The molecule has 1 aliphatic rings. The Morgan fingerprint density at radius 1 is 1.64 bits per heavy atom. The normalized spacial score (nSPS) is 20.0. The highest BCUT2D eigenvalue weighted by Gasteiger charge is 2.58. The van der Waals surface area contributed by atoms with Crippen LogP contribution in [0.3, 0.4) is 0 Å². The maximum absolute atomic E-state index is 12.1. The summed E-state index contributed by atoms with van der Waals surface area (Å²) in [7, 11) is 0. The minimum absolute atomic E-state index is 0.174. The predicted molar refractivity (Wildman–Crippen MR) is 34.3 cm³/mol. The fourth-order valence-corrected chi connectivity index (χ4v) is 0.921. The van der Waals surface area contributed by atoms with Gasteiger partial charge in [-0.2, -0.15) is 0 Å². The van der Waals surface area contributed by atoms with Crippen LogP contribution < -0.4 is 0 Å². The lowest BCUT2D eigenvalue weighted by Crippen LogP contribution is -2.26. The van der Waals surface area contributed by atoms with Crippen molar-refractivity contribution in [2.24, 2.45) is 5.41 Å². The van der Waals surface area contributed by atoms with Crippen LogP contribution >= 0.6 is 0 Å². The number of carbonyl (C=O) groups is 1. The van der Waals surface area contributed by atoms with Crippen LogP contribution in [0.5, 0.6) is 0 Å². The van der Waals surface area contributed by atoms with Gasteiger partial charge in [-0.05, 0) is 19.8 Å². The highest BCUT2D eigenvalue weighted by atomic mass is 19.3. The van der Waals surface area contributed by atoms with E-state index in [2.05, 4.69) is 4.74 Å². The van der Waals surface area contributed by atoms with Crippen LogP contribution in [0.4, 0.5) is 8.78 Å². The monoisotopic (exact) mass is 164 g/mol. The van der Waals surface area contributed by atoms with Gasteiger partial charge in [-0.25, -0.2) is 8.78 Å². The molecule has 1 rings (SSSR count). The molecule has 0 saturated heterocycles. The molecule has 1 fully saturated rings. The van der Waals surface area contributed by atoms with Crippen molar-refractivity contribution >= 4 is 5.97 Å². The third kappa shape index (κ3) is 1.34. The van der Waals surface area contributed by atoms with E-state index in [1.165, 1.54) is 0 Å². The van der Waals surface area contributed by atoms with Crippen molar-refractivity contribution in [1.29, 1.82) is 0 Å². The second-order valence-electron chi connectivity index (χ2n) is 2.68. The molecule has 11 heavy (non-hydrogen) atoms. The summed E-state index contributed by atoms with van der Waals surface area (Å²) in [6.45, 7) is 1.78. The molecular formula is C7H10F2O2. The van der Waals surface area contributed by atoms with Crippen LogP contribution in [0.15, 0.2) is 0 Å². The van der Waals surface area contributed by atoms with Crippen molar-refractivity contribution in [1.82, 2.24) is 0 Å². The summed E-state index contributed by atoms with van der Waals surface area (Å²) >= 11 is 0. The molecule has 0 heterocycles. The van der Waals surface area contributed by atoms with E-state index < -0.39 is 17.8 Å². The number of esters is 1. The number of carbonyl (C=O) groups excluding carboxylic acids is 1. The summed E-state index contributed by atoms with van der Waals surface area (Å²) in [5, 5.41) is 0. The van der Waals surface area contributed by atoms with E-state index in [0.29, 0.717) is 0 Å². The third-order valence-electron chi connectivity index (χ3n) is 1.89. The molecule has 2 nitrogen and oxygen atoms in total. The Morgan fingerprint density at radius 2 is 2.18 bits per heavy atom. The Labute approximate surface area is 63.5 Å². The summed E-state index contributed by atoms with van der Waals surface area (Å²) in [6, 6.07) is 0. The lowest BCUT2D eigenvalue weighted by Gasteiger charge is -2.11. The largest absolute Gasteiger partial charge is 0.465 e. The minimum Gasteiger partial charge on any atom is -0.465 e. The van der Waals surface area contributed by atoms with E-state index >= 15 is 0 Å². The Kier molecular flexibility index (Phi) is 2.11. The zero-order chi connectivity index (χ0) is 8.48. The Morgan fingerprint density at radius 3 is 2.45 bits per heavy atom. The van der Waals surface area contributed by atoms with Gasteiger partial charge in [-0.3, -0.25) is 4.79 Å². The van der Waals surface area contributed by atoms with Gasteiger partial charge in [0.05, 0.1) is 6.61 Å². The highest BCUT2D eigenvalue weighted by Crippen LogP contribution is 2.51. The van der Waals surface area contributed by atoms with E-state index in [1.807, 2.05) is 0 Å². The lowest BCUT2D eigenvalue weighted by atomic mass is 10.1. The number of hydrogen-bond donors (Lipinski definition) is 0. The Hall–Kier alpha value is -0.670. The van der Waals surface area contributed by atoms with Crippen LogP contribution in [0.1, 0.15) is 19.8 Å². The summed E-state index contributed by atoms with van der Waals surface area (Å²) in [5.41, 5.74) is -1.43. The van der Waals surface area contributed by atoms with Crippen molar-refractivity contribution in [2.45, 2.75) is 26.2 Å². The quantitative estimate of drug-likeness (QED) is 0.592. The van der Waals surface area contributed by atoms with Crippen molar-refractivity contribution in [2.75, 3.05) is 6.61 Å². The Bertz CT molecular complexity index is 164. The molecule has 0 unspecified atom stereocenters. The lowest BCUT2D eigenvalue weighted by molar-refractivity contribution is -0.156. The highest BCUT2D eigenvalue weighted by molar-refractivity contribution is 5.80. The van der Waals surface area contributed by atoms with Gasteiger partial charge in [-0.1, -0.05) is 0 Å². The first-order chi connectivity index (χ1) is 5.13. The van der Waals surface area contributed by atoms with Crippen molar-refractivity contribution in [3.05, 3.63) is 0 Å². The van der Waals surface area contributed by atoms with Crippen LogP contribution in [-0.4, -0.2) is 19.0 Å². The summed E-state index contributed by atoms with van der Waals surface area (Å²) in [4.78, 5) is 10.9. The van der Waals surface area contributed by atoms with Gasteiger partial charge in [0.2, 0.25) is 0 Å². The molecule has 0 amide bonds. The number of hydrogen-bond acceptors (Lipinski definition) is 2. The van der Waals surface area contributed by atoms with E-state index in [4.69, 9.17) is 0 Å². The number of halogens is 2. The van der Waals surface area contributed by atoms with Gasteiger partial charge in [0.25, 0.3) is 6.43 Å². The van der Waals surface area contributed by atoms with Gasteiger partial charge < -0.3 is 4.74 Å². The summed E-state index contributed by atoms with van der Waals surface area (Å²) in [5.74, 6) is -0.741. The zero-order valence-corrected chi connectivity index (χ0v) is 6.27. The first-order valence-corrected chi connectivity index (χ1v) is 3.59. The fourth-order valence-electron chi connectivity index (χ4n) is 0.921. The van der Waals surface area contributed by atoms with Crippen molar-refractivity contribution in [3.8, 4) is 0 Å². The van der Waals surface area contributed by atoms with E-state index in [9.17, 15) is 13.6 Å². The molecule has 1 saturated carbocycles. The van der Waals surface area contributed by atoms with Gasteiger partial charge in [0.1, 0.15) is 5.41 Å². The van der Waals surface area contributed by atoms with Gasteiger partial charge >= 0.3 is 5.97 Å². The van der Waals surface area contributed by atoms with Gasteiger partial charge in [-0.15, -0.1) is 0 Å². The molecule has 0 N–H and O–H groups in total. The van der Waals surface area contributed by atoms with Gasteiger partial charge in [0.15, 0.2) is 0 Å². The molecular weight excluding hydrogens is 154 g/mol. The average molecular weight is 164 g/mol. The molecule has 0 aromatic rings. The predicted octanol–water partition coefficient (Wildman–Crippen LogP) is 1.59. The first-order valence-electron chi connectivity index (χ1n) is 3.59. The standard InChI is InChI=1S/C7H10F2O2/c1-2-11-6(10)7(3-4-7)5(8)9/h5H,2-4H2,1H3. The van der Waals surface area contributed by atoms with E-state index in [1.54, 1.807) is 6.92 Å². The molecule has 64 valence electrons. The molecule has 0 radical (unpaired) electrons. The number of rotatable bonds is 3. The summed E-state index contributed by atoms with van der Waals surface area (Å²) < 4.78 is 28.8. The molecule has 0 bridgehead atoms. The van der Waals surface area contributed by atoms with E-state index in [0.717, 1.165) is 0 Å². The Balaban J connectivity index is 2.51. The maximum Gasteiger partial charge on any atom is 0.317 e. The number of alkyl halides is 2. The molecule has 4 heteroatoms. The SMILES string of the molecule is CCOC(=O)C1(C(F)F)CC1. The van der Waals surface area contributed by atoms with Crippen molar-refractivity contribution < 1.29 is 18.3 Å². The van der Waals surface area contributed by atoms with Crippen LogP contribution in [-0.2, 0) is 9.53 Å². The second kappa shape index (κ2) is 2.75. The molecule has 0 spiro atoms. The third-order valence-corrected chi connectivity index (χ3v) is 1.89. The van der Waals surface area contributed by atoms with Crippen LogP contribution in [0.25, 0.3) is 0 Å².